The number of aliphatic hydroxyl groups is 1. The highest BCUT2D eigenvalue weighted by atomic mass is 16.5. The van der Waals surface area contributed by atoms with Gasteiger partial charge in [0.2, 0.25) is 0 Å². The zero-order valence-corrected chi connectivity index (χ0v) is 22.2. The van der Waals surface area contributed by atoms with E-state index in [9.17, 15) is 14.7 Å². The van der Waals surface area contributed by atoms with Crippen LogP contribution in [0.1, 0.15) is 42.1 Å². The van der Waals surface area contributed by atoms with E-state index in [-0.39, 0.29) is 17.9 Å². The molecular weight excluding hydrogens is 484 g/mol. The number of likely N-dealkylation sites (tertiary alicyclic amines) is 1. The van der Waals surface area contributed by atoms with Crippen LogP contribution in [0.3, 0.4) is 0 Å². The molecule has 198 valence electrons. The number of benzene rings is 2. The average Bonchev–Trinajstić information content (AvgIpc) is 3.16. The first kappa shape index (κ1) is 26.7. The Balaban J connectivity index is 1.83. The maximum Gasteiger partial charge on any atom is 0.295 e. The van der Waals surface area contributed by atoms with Gasteiger partial charge in [-0.25, -0.2) is 0 Å². The first-order valence-corrected chi connectivity index (χ1v) is 12.4. The van der Waals surface area contributed by atoms with Crippen molar-refractivity contribution in [2.75, 3.05) is 20.8 Å². The molecule has 1 N–H and O–H groups in total. The van der Waals surface area contributed by atoms with Crippen molar-refractivity contribution in [3.05, 3.63) is 88.8 Å². The maximum atomic E-state index is 13.4. The van der Waals surface area contributed by atoms with Crippen LogP contribution in [0.25, 0.3) is 5.76 Å². The molecule has 0 bridgehead atoms. The lowest BCUT2D eigenvalue weighted by molar-refractivity contribution is -0.140. The van der Waals surface area contributed by atoms with E-state index in [0.717, 1.165) is 11.1 Å². The lowest BCUT2D eigenvalue weighted by Gasteiger charge is -2.26. The molecule has 1 saturated heterocycles. The van der Waals surface area contributed by atoms with Gasteiger partial charge in [-0.05, 0) is 65.9 Å². The number of nitrogens with zero attached hydrogens (tertiary/aromatic N) is 2. The van der Waals surface area contributed by atoms with Crippen LogP contribution in [-0.2, 0) is 16.1 Å². The number of ether oxygens (including phenoxy) is 3. The van der Waals surface area contributed by atoms with E-state index in [2.05, 4.69) is 18.8 Å². The van der Waals surface area contributed by atoms with Crippen LogP contribution in [0.5, 0.6) is 17.2 Å². The van der Waals surface area contributed by atoms with Gasteiger partial charge in [0.1, 0.15) is 11.5 Å². The van der Waals surface area contributed by atoms with Gasteiger partial charge in [0.05, 0.1) is 32.4 Å². The number of carbonyl (C=O) groups is 2. The lowest BCUT2D eigenvalue weighted by atomic mass is 9.94. The molecule has 3 aromatic rings. The molecule has 8 nitrogen and oxygen atoms in total. The molecule has 0 spiro atoms. The second-order valence-electron chi connectivity index (χ2n) is 9.59. The third-order valence-electron chi connectivity index (χ3n) is 6.36. The standard InChI is InChI=1S/C30H32N2O6/c1-18(2)17-38-23-10-9-22(13-19(23)3)28(33)26-27(21-8-11-24(36-4)25(14-21)37-5)32(30(35)29(26)34)16-20-7-6-12-31-15-20/h6-15,18,27,33H,16-17H2,1-5H3/b28-26+/t27-/m1/s1. The molecular formula is C30H32N2O6. The van der Waals surface area contributed by atoms with Crippen molar-refractivity contribution in [2.24, 2.45) is 5.92 Å². The van der Waals surface area contributed by atoms with Crippen molar-refractivity contribution < 1.29 is 28.9 Å². The summed E-state index contributed by atoms with van der Waals surface area (Å²) in [6.45, 7) is 6.70. The minimum Gasteiger partial charge on any atom is -0.507 e. The number of amides is 1. The topological polar surface area (TPSA) is 98.2 Å². The van der Waals surface area contributed by atoms with Crippen LogP contribution < -0.4 is 14.2 Å². The molecule has 0 aliphatic carbocycles. The van der Waals surface area contributed by atoms with Gasteiger partial charge >= 0.3 is 0 Å². The number of aromatic nitrogens is 1. The molecule has 0 unspecified atom stereocenters. The maximum absolute atomic E-state index is 13.4. The molecule has 4 rings (SSSR count). The Morgan fingerprint density at radius 1 is 1.03 bits per heavy atom. The van der Waals surface area contributed by atoms with Gasteiger partial charge in [-0.2, -0.15) is 0 Å². The van der Waals surface area contributed by atoms with Crippen molar-refractivity contribution in [3.8, 4) is 17.2 Å². The number of methoxy groups -OCH3 is 2. The van der Waals surface area contributed by atoms with Crippen molar-refractivity contribution in [1.29, 1.82) is 0 Å². The highest BCUT2D eigenvalue weighted by Gasteiger charge is 2.46. The number of Topliss-reactive ketones (excluding diaryl/α,β-unsaturated/α-hetero) is 1. The molecule has 0 radical (unpaired) electrons. The second-order valence-corrected chi connectivity index (χ2v) is 9.59. The van der Waals surface area contributed by atoms with Crippen LogP contribution in [0.15, 0.2) is 66.5 Å². The number of rotatable bonds is 9. The normalized spacial score (nSPS) is 16.7. The van der Waals surface area contributed by atoms with E-state index in [4.69, 9.17) is 14.2 Å². The predicted octanol–water partition coefficient (Wildman–Crippen LogP) is 5.06. The molecule has 38 heavy (non-hydrogen) atoms. The molecule has 2 aromatic carbocycles. The third kappa shape index (κ3) is 5.34. The summed E-state index contributed by atoms with van der Waals surface area (Å²) in [5.74, 6) is 0.291. The molecule has 2 heterocycles. The number of aryl methyl sites for hydroxylation is 1. The highest BCUT2D eigenvalue weighted by Crippen LogP contribution is 2.43. The van der Waals surface area contributed by atoms with E-state index < -0.39 is 17.7 Å². The smallest absolute Gasteiger partial charge is 0.295 e. The fraction of sp³-hybridized carbons (Fsp3) is 0.300. The molecule has 1 fully saturated rings. The summed E-state index contributed by atoms with van der Waals surface area (Å²) in [5, 5.41) is 11.5. The Bertz CT molecular complexity index is 1370. The third-order valence-corrected chi connectivity index (χ3v) is 6.36. The fourth-order valence-electron chi connectivity index (χ4n) is 4.47. The summed E-state index contributed by atoms with van der Waals surface area (Å²) in [6, 6.07) is 13.1. The number of carbonyl (C=O) groups excluding carboxylic acids is 2. The van der Waals surface area contributed by atoms with Crippen molar-refractivity contribution >= 4 is 17.4 Å². The van der Waals surface area contributed by atoms with Gasteiger partial charge in [-0.1, -0.05) is 26.0 Å². The molecule has 1 aromatic heterocycles. The minimum atomic E-state index is -0.854. The number of hydrogen-bond donors (Lipinski definition) is 1. The monoisotopic (exact) mass is 516 g/mol. The molecule has 8 heteroatoms. The second kappa shape index (κ2) is 11.4. The number of hydrogen-bond acceptors (Lipinski definition) is 7. The molecule has 1 aliphatic rings. The van der Waals surface area contributed by atoms with Crippen LogP contribution in [0.4, 0.5) is 0 Å². The Hall–Kier alpha value is -4.33. The molecule has 1 atom stereocenters. The minimum absolute atomic E-state index is 0.00126. The Kier molecular flexibility index (Phi) is 8.00. The molecule has 1 amide bonds. The average molecular weight is 517 g/mol. The van der Waals surface area contributed by atoms with Crippen LogP contribution in [0, 0.1) is 12.8 Å². The summed E-state index contributed by atoms with van der Waals surface area (Å²) in [4.78, 5) is 32.3. The SMILES string of the molecule is COc1ccc([C@@H]2/C(=C(\O)c3ccc(OCC(C)C)c(C)c3)C(=O)C(=O)N2Cc2cccnc2)cc1OC. The highest BCUT2D eigenvalue weighted by molar-refractivity contribution is 6.46. The summed E-state index contributed by atoms with van der Waals surface area (Å²) in [6.07, 6.45) is 3.28. The lowest BCUT2D eigenvalue weighted by Crippen LogP contribution is -2.29. The first-order chi connectivity index (χ1) is 18.2. The zero-order chi connectivity index (χ0) is 27.4. The number of aliphatic hydroxyl groups excluding tert-OH is 1. The number of ketones is 1. The Labute approximate surface area is 222 Å². The first-order valence-electron chi connectivity index (χ1n) is 12.4. The van der Waals surface area contributed by atoms with E-state index in [1.54, 1.807) is 54.9 Å². The predicted molar refractivity (Wildman–Crippen MR) is 143 cm³/mol. The van der Waals surface area contributed by atoms with Gasteiger partial charge < -0.3 is 24.2 Å². The van der Waals surface area contributed by atoms with Crippen LogP contribution in [-0.4, -0.2) is 47.5 Å². The van der Waals surface area contributed by atoms with E-state index in [1.807, 2.05) is 13.0 Å². The van der Waals surface area contributed by atoms with Crippen molar-refractivity contribution in [2.45, 2.75) is 33.4 Å². The number of pyridine rings is 1. The largest absolute Gasteiger partial charge is 0.507 e. The van der Waals surface area contributed by atoms with Gasteiger partial charge in [0, 0.05) is 24.5 Å². The molecule has 0 saturated carbocycles. The van der Waals surface area contributed by atoms with Crippen LogP contribution in [0.2, 0.25) is 0 Å². The van der Waals surface area contributed by atoms with Crippen molar-refractivity contribution in [3.63, 3.8) is 0 Å². The summed E-state index contributed by atoms with van der Waals surface area (Å²) >= 11 is 0. The fourth-order valence-corrected chi connectivity index (χ4v) is 4.47. The zero-order valence-electron chi connectivity index (χ0n) is 22.2. The van der Waals surface area contributed by atoms with Crippen LogP contribution >= 0.6 is 0 Å². The molecule has 1 aliphatic heterocycles. The Morgan fingerprint density at radius 2 is 1.76 bits per heavy atom. The van der Waals surface area contributed by atoms with Gasteiger partial charge in [0.25, 0.3) is 11.7 Å². The quantitative estimate of drug-likeness (QED) is 0.241. The van der Waals surface area contributed by atoms with E-state index >= 15 is 0 Å². The Morgan fingerprint density at radius 3 is 2.39 bits per heavy atom. The van der Waals surface area contributed by atoms with Gasteiger partial charge in [-0.3, -0.25) is 14.6 Å². The van der Waals surface area contributed by atoms with Crippen molar-refractivity contribution in [1.82, 2.24) is 9.88 Å². The van der Waals surface area contributed by atoms with Gasteiger partial charge in [-0.15, -0.1) is 0 Å². The van der Waals surface area contributed by atoms with Gasteiger partial charge in [0.15, 0.2) is 11.5 Å². The summed E-state index contributed by atoms with van der Waals surface area (Å²) < 4.78 is 16.7. The van der Waals surface area contributed by atoms with E-state index in [0.29, 0.717) is 40.9 Å². The van der Waals surface area contributed by atoms with E-state index in [1.165, 1.54) is 19.1 Å². The summed E-state index contributed by atoms with van der Waals surface area (Å²) in [5.41, 5.74) is 2.58. The summed E-state index contributed by atoms with van der Waals surface area (Å²) in [7, 11) is 3.04.